The van der Waals surface area contributed by atoms with Gasteiger partial charge in [0, 0.05) is 176 Å². The van der Waals surface area contributed by atoms with Crippen LogP contribution < -0.4 is 0 Å². The summed E-state index contributed by atoms with van der Waals surface area (Å²) in [5, 5.41) is 49.5. The number of hydrogen-bond donors (Lipinski definition) is 0. The van der Waals surface area contributed by atoms with E-state index in [1.807, 2.05) is 18.6 Å². The Labute approximate surface area is 873 Å². The maximum absolute atomic E-state index is 5.88. The Balaban J connectivity index is 0.000000148. The topological polar surface area (TPSA) is 461 Å². The first kappa shape index (κ1) is 118. The number of ether oxygens (including phenoxy) is 30. The Bertz CT molecular complexity index is 4600. The van der Waals surface area contributed by atoms with E-state index in [1.165, 1.54) is 0 Å². The van der Waals surface area contributed by atoms with Crippen molar-refractivity contribution in [2.75, 3.05) is 138 Å². The Morgan fingerprint density at radius 2 is 0.537 bits per heavy atom. The van der Waals surface area contributed by atoms with Crippen molar-refractivity contribution in [2.45, 2.75) is 342 Å². The van der Waals surface area contributed by atoms with Crippen molar-refractivity contribution in [1.29, 1.82) is 0 Å². The maximum Gasteiger partial charge on any atom is 0.177 e. The fourth-order valence-corrected chi connectivity index (χ4v) is 19.2. The molecule has 0 bridgehead atoms. The second-order valence-electron chi connectivity index (χ2n) is 37.3. The molecule has 36 atom stereocenters. The first-order valence-corrected chi connectivity index (χ1v) is 49.2. The van der Waals surface area contributed by atoms with Gasteiger partial charge in [0.25, 0.3) is 0 Å². The second kappa shape index (κ2) is 59.9. The van der Waals surface area contributed by atoms with Gasteiger partial charge in [-0.2, -0.15) is 0 Å². The average Bonchev–Trinajstić information content (AvgIpc) is 1.64. The van der Waals surface area contributed by atoms with E-state index in [2.05, 4.69) is 61.9 Å². The summed E-state index contributed by atoms with van der Waals surface area (Å²) >= 11 is 0. The third kappa shape index (κ3) is 34.7. The lowest BCUT2D eigenvalue weighted by Crippen LogP contribution is -2.29. The molecule has 12 aliphatic heterocycles. The fourth-order valence-electron chi connectivity index (χ4n) is 19.2. The fraction of sp³-hybridized carbons (Fsp3) is 0.862. The predicted octanol–water partition coefficient (Wildman–Crippen LogP) is -2.91. The van der Waals surface area contributed by atoms with Crippen LogP contribution in [-0.2, 0) is 189 Å². The Kier molecular flexibility index (Phi) is 48.3. The Morgan fingerprint density at radius 3 is 0.993 bits per heavy atom. The zero-order valence-electron chi connectivity index (χ0n) is 85.6. The molecule has 0 aromatic carbocycles. The molecule has 0 amide bonds. The summed E-state index contributed by atoms with van der Waals surface area (Å²) in [6, 6.07) is -3.92. The van der Waals surface area contributed by atoms with E-state index in [-0.39, 0.29) is 245 Å². The van der Waals surface area contributed by atoms with Crippen LogP contribution in [0.3, 0.4) is 0 Å². The maximum atomic E-state index is 5.88. The Morgan fingerprint density at radius 1 is 0.245 bits per heavy atom. The summed E-state index contributed by atoms with van der Waals surface area (Å²) in [6.45, 7) is 5.10. The highest BCUT2D eigenvalue weighted by Crippen LogP contribution is 2.40. The molecule has 24 radical (unpaired) electrons. The highest BCUT2D eigenvalue weighted by Gasteiger charge is 2.45. The number of nitrogens with zero attached hydrogens (tertiary/aromatic N) is 18. The number of hydrogen-bond acceptors (Lipinski definition) is 42. The molecule has 18 heterocycles. The lowest BCUT2D eigenvalue weighted by Gasteiger charge is -2.18. The van der Waals surface area contributed by atoms with E-state index in [9.17, 15) is 0 Å². The van der Waals surface area contributed by atoms with Crippen LogP contribution in [0.5, 0.6) is 0 Å². The van der Waals surface area contributed by atoms with Crippen molar-refractivity contribution < 1.29 is 142 Å². The monoisotopic (exact) mass is 2040 g/mol. The van der Waals surface area contributed by atoms with Crippen molar-refractivity contribution in [2.24, 2.45) is 0 Å². The quantitative estimate of drug-likeness (QED) is 0.0346. The van der Waals surface area contributed by atoms with Gasteiger partial charge >= 0.3 is 0 Å². The van der Waals surface area contributed by atoms with E-state index in [1.54, 1.807) is 132 Å². The summed E-state index contributed by atoms with van der Waals surface area (Å²) in [5.74, 6) is 0.123. The standard InChI is InChI=1S/C16H25B2N3O6.2C15H23B2N3O5.2C14H21B2N3O5.C13H19B2N3O4/c1-22-7-13-12(4-16(18)26-13)25-9-21-5-10(19-20-21)6-24-8-14-11(23-2)3-15(17)27-14;1-21-6-12-9(3-14(16)24-12)10-5-20(19-18-10)8-23-7-13-11(22-2)4-15(17)25-13;1-21-7-13-11(5-15(17)25-13)23-8-20-6-9(18-19-20)3-12-10(22-2)4-14(16)24-12;1-20-6-11-9(3-12(15)23-11)22-7-19-5-8(17-18-19)14-10(21-2)4-13(16)24-14;1-20-7-11-9(3-12(15)23-11)22-6-8-5-19(18-17-8)14-10(21-2)4-13(16)24-14;1-19-6-10-7(3-11(14)21-10)8-5-18(17-16-8)13-9(20-2)4-12(15)22-13/h5,11-16H,3-4,6-9H2,1-2H3;5,9,11-15H,3-4,6-8H2,1-2H3;6,10-15H,3-5,7-8H2,1-2H3;2*5,9-14H,3-4,6-7H2,1-2H3;5,7,9-13H,3-4,6H2,1-2H3/t11-,12-,13-,14-,15-,16-;9-,11+,12+,13+,14+,15+;10-,11-,12-,13-,14-,15-;9-,10-,11-,12-,13-,14-;9-,10-,11-,12-,13-,14+;7-,9+,10+,11+,12+,13-/m101110/s1. The van der Waals surface area contributed by atoms with Crippen LogP contribution in [0.25, 0.3) is 0 Å². The van der Waals surface area contributed by atoms with Crippen LogP contribution in [0.2, 0.25) is 0 Å². The highest BCUT2D eigenvalue weighted by molar-refractivity contribution is 6.14. The van der Waals surface area contributed by atoms with Gasteiger partial charge in [-0.3, -0.25) is 0 Å². The summed E-state index contributed by atoms with van der Waals surface area (Å²) in [7, 11) is 89.4. The molecule has 12 saturated heterocycles. The minimum absolute atomic E-state index is 0.0247. The van der Waals surface area contributed by atoms with Gasteiger partial charge in [0.2, 0.25) is 0 Å². The van der Waals surface area contributed by atoms with E-state index in [4.69, 9.17) is 236 Å². The lowest BCUT2D eigenvalue weighted by molar-refractivity contribution is -0.0679. The van der Waals surface area contributed by atoms with Gasteiger partial charge in [-0.05, 0) is 77.0 Å². The molecular formula is C87H132B12N18O30. The molecule has 0 unspecified atom stereocenters. The van der Waals surface area contributed by atoms with E-state index in [0.717, 1.165) is 17.1 Å². The summed E-state index contributed by atoms with van der Waals surface area (Å²) < 4.78 is 175. The van der Waals surface area contributed by atoms with E-state index < -0.39 is 0 Å². The molecule has 60 heteroatoms. The molecular weight excluding hydrogens is 1910 g/mol. The zero-order valence-corrected chi connectivity index (χ0v) is 85.6. The first-order chi connectivity index (χ1) is 71.1. The summed E-state index contributed by atoms with van der Waals surface area (Å²) in [4.78, 5) is 0. The molecule has 6 aromatic heterocycles. The van der Waals surface area contributed by atoms with Crippen molar-refractivity contribution in [3.63, 3.8) is 0 Å². The first-order valence-electron chi connectivity index (χ1n) is 49.2. The third-order valence-electron chi connectivity index (χ3n) is 26.4. The molecule has 786 valence electrons. The molecule has 0 saturated carbocycles. The van der Waals surface area contributed by atoms with Crippen LogP contribution in [0.15, 0.2) is 37.2 Å². The predicted molar refractivity (Wildman–Crippen MR) is 522 cm³/mol. The van der Waals surface area contributed by atoms with Gasteiger partial charge in [-0.25, -0.2) is 28.1 Å². The van der Waals surface area contributed by atoms with Crippen LogP contribution in [0.1, 0.15) is 142 Å². The molecule has 0 spiro atoms. The normalized spacial score (nSPS) is 35.9. The SMILES string of the molecule is [B][C@H]1C[C@@H](OC)[C@@H](COCc2cn(CO[C@@H]3C[C@H]([B])O[C@@H]3COC)nn2)O1.[B][C@H]1C[C@@H](OC)[C@@H](COCn2cc([C@@H]3C[C@H]([B])O[C@@H]3COC)nn2)O1.[B][C@H]1C[C@@H](OC)[C@@H](Cc2cn(CO[C@@H]3C[C@H]([B])O[C@@H]3COC)nn2)O1.[B][C@H]1C[C@@H](OC)[C@@H](c2cn(CO[C@@H]3C[C@H]([B])O[C@@H]3COC)nn2)O1.[B][C@H]1C[C@@H](OCc2cn([C@H]3O[C@@H]([B])C[C@H]3OC)nn2)[C@@H](COC)O1.[B][C@H]1C[C@@H](c2cn([C@H]3O[C@@H]([B])C[C@H]3OC)nn2)[C@@H](COC)O1. The van der Waals surface area contributed by atoms with Crippen LogP contribution in [0.4, 0.5) is 0 Å². The minimum atomic E-state index is -0.379. The second-order valence-corrected chi connectivity index (χ2v) is 37.3. The summed E-state index contributed by atoms with van der Waals surface area (Å²) in [6.07, 6.45) is 15.7. The molecule has 12 fully saturated rings. The largest absolute Gasteiger partial charge is 0.382 e. The van der Waals surface area contributed by atoms with Crippen molar-refractivity contribution in [3.8, 4) is 0 Å². The molecule has 48 nitrogen and oxygen atoms in total. The number of aromatic nitrogens is 18. The molecule has 6 aromatic rings. The molecule has 0 aliphatic carbocycles. The van der Waals surface area contributed by atoms with Crippen LogP contribution >= 0.6 is 0 Å². The van der Waals surface area contributed by atoms with E-state index >= 15 is 0 Å². The molecule has 18 rings (SSSR count). The summed E-state index contributed by atoms with van der Waals surface area (Å²) in [5.41, 5.74) is 4.50. The van der Waals surface area contributed by atoms with Crippen LogP contribution in [0, 0.1) is 0 Å². The van der Waals surface area contributed by atoms with Gasteiger partial charge < -0.3 is 142 Å². The lowest BCUT2D eigenvalue weighted by atomic mass is 9.89. The molecule has 0 N–H and O–H groups in total. The minimum Gasteiger partial charge on any atom is -0.382 e. The van der Waals surface area contributed by atoms with Gasteiger partial charge in [0.1, 0.15) is 193 Å². The number of methoxy groups -OCH3 is 12. The van der Waals surface area contributed by atoms with Crippen molar-refractivity contribution in [3.05, 3.63) is 71.3 Å². The van der Waals surface area contributed by atoms with Gasteiger partial charge in [-0.15, -0.1) is 30.6 Å². The smallest absolute Gasteiger partial charge is 0.177 e. The van der Waals surface area contributed by atoms with Gasteiger partial charge in [0.05, 0.1) is 187 Å². The van der Waals surface area contributed by atoms with Crippen molar-refractivity contribution in [1.82, 2.24) is 90.0 Å². The molecule has 147 heavy (non-hydrogen) atoms. The van der Waals surface area contributed by atoms with E-state index in [0.29, 0.717) is 167 Å². The average molecular weight is 2040 g/mol. The van der Waals surface area contributed by atoms with Gasteiger partial charge in [-0.1, -0.05) is 31.3 Å². The molecule has 12 aliphatic rings. The third-order valence-corrected chi connectivity index (χ3v) is 26.4. The van der Waals surface area contributed by atoms with Gasteiger partial charge in [0.15, 0.2) is 12.5 Å². The zero-order chi connectivity index (χ0) is 105. The van der Waals surface area contributed by atoms with Crippen LogP contribution in [-0.4, -0.2) is 510 Å². The Hall–Kier alpha value is -5.58. The number of rotatable bonds is 45. The highest BCUT2D eigenvalue weighted by atomic mass is 16.6. The van der Waals surface area contributed by atoms with Crippen molar-refractivity contribution >= 4 is 94.2 Å².